The lowest BCUT2D eigenvalue weighted by molar-refractivity contribution is -0.140. The fraction of sp³-hybridized carbons (Fsp3) is 0.364. The van der Waals surface area contributed by atoms with Crippen molar-refractivity contribution < 1.29 is 23.4 Å². The van der Waals surface area contributed by atoms with E-state index in [2.05, 4.69) is 10.1 Å². The first kappa shape index (κ1) is 13.2. The molecule has 4 nitrogen and oxygen atoms in total. The molecule has 0 fully saturated rings. The van der Waals surface area contributed by atoms with Gasteiger partial charge in [0.2, 0.25) is 0 Å². The molecule has 0 spiro atoms. The van der Waals surface area contributed by atoms with Gasteiger partial charge in [-0.3, -0.25) is 4.79 Å². The summed E-state index contributed by atoms with van der Waals surface area (Å²) in [7, 11) is 0. The first-order valence-electron chi connectivity index (χ1n) is 5.00. The maximum Gasteiger partial charge on any atom is 0.387 e. The number of anilines is 1. The van der Waals surface area contributed by atoms with Crippen LogP contribution in [0.4, 0.5) is 14.5 Å². The van der Waals surface area contributed by atoms with Crippen molar-refractivity contribution in [3.8, 4) is 5.75 Å². The number of carbonyl (C=O) groups is 1. The summed E-state index contributed by atoms with van der Waals surface area (Å²) in [6.45, 7) is -1.01. The Morgan fingerprint density at radius 3 is 2.47 bits per heavy atom. The minimum Gasteiger partial charge on any atom is -0.481 e. The summed E-state index contributed by atoms with van der Waals surface area (Å²) in [5, 5.41) is 11.5. The van der Waals surface area contributed by atoms with Crippen LogP contribution < -0.4 is 10.1 Å². The highest BCUT2D eigenvalue weighted by atomic mass is 19.3. The Morgan fingerprint density at radius 2 is 2.00 bits per heavy atom. The molecule has 2 N–H and O–H groups in total. The highest BCUT2D eigenvalue weighted by molar-refractivity contribution is 5.70. The molecule has 17 heavy (non-hydrogen) atoms. The van der Waals surface area contributed by atoms with E-state index in [-0.39, 0.29) is 12.3 Å². The third-order valence-electron chi connectivity index (χ3n) is 2.11. The van der Waals surface area contributed by atoms with E-state index in [0.29, 0.717) is 5.69 Å². The number of hydrogen-bond acceptors (Lipinski definition) is 3. The third kappa shape index (κ3) is 4.67. The van der Waals surface area contributed by atoms with Crippen LogP contribution in [0.1, 0.15) is 6.92 Å². The minimum absolute atomic E-state index is 0.0665. The molecular formula is C11H13F2NO3. The van der Waals surface area contributed by atoms with Crippen molar-refractivity contribution in [1.29, 1.82) is 0 Å². The number of carboxylic acids is 1. The first-order valence-corrected chi connectivity index (χ1v) is 5.00. The molecule has 94 valence electrons. The zero-order valence-electron chi connectivity index (χ0n) is 9.19. The number of benzene rings is 1. The van der Waals surface area contributed by atoms with Gasteiger partial charge in [-0.25, -0.2) is 0 Å². The van der Waals surface area contributed by atoms with Crippen molar-refractivity contribution in [1.82, 2.24) is 0 Å². The number of hydrogen-bond donors (Lipinski definition) is 2. The normalized spacial score (nSPS) is 12.2. The molecule has 0 radical (unpaired) electrons. The Morgan fingerprint density at radius 1 is 1.41 bits per heavy atom. The molecule has 0 aliphatic carbocycles. The second kappa shape index (κ2) is 6.03. The number of alkyl halides is 2. The molecule has 1 unspecified atom stereocenters. The Bertz CT molecular complexity index is 367. The van der Waals surface area contributed by atoms with Gasteiger partial charge in [-0.2, -0.15) is 8.78 Å². The summed E-state index contributed by atoms with van der Waals surface area (Å²) >= 11 is 0. The van der Waals surface area contributed by atoms with Crippen molar-refractivity contribution in [3.63, 3.8) is 0 Å². The molecule has 0 heterocycles. The van der Waals surface area contributed by atoms with Crippen molar-refractivity contribution >= 4 is 11.7 Å². The van der Waals surface area contributed by atoms with Crippen LogP contribution in [0.5, 0.6) is 5.75 Å². The number of ether oxygens (including phenoxy) is 1. The fourth-order valence-corrected chi connectivity index (χ4v) is 1.11. The second-order valence-corrected chi connectivity index (χ2v) is 3.52. The van der Waals surface area contributed by atoms with Gasteiger partial charge in [-0.05, 0) is 24.3 Å². The lowest BCUT2D eigenvalue weighted by atomic mass is 10.2. The average Bonchev–Trinajstić information content (AvgIpc) is 2.26. The Hall–Kier alpha value is -1.85. The predicted molar refractivity (Wildman–Crippen MR) is 58.4 cm³/mol. The van der Waals surface area contributed by atoms with Gasteiger partial charge in [-0.15, -0.1) is 0 Å². The monoisotopic (exact) mass is 245 g/mol. The highest BCUT2D eigenvalue weighted by Crippen LogP contribution is 2.17. The van der Waals surface area contributed by atoms with Crippen molar-refractivity contribution in [2.75, 3.05) is 11.9 Å². The van der Waals surface area contributed by atoms with E-state index in [1.54, 1.807) is 19.1 Å². The summed E-state index contributed by atoms with van der Waals surface area (Å²) in [4.78, 5) is 10.6. The molecule has 0 saturated heterocycles. The Labute approximate surface area is 97.2 Å². The molecule has 1 atom stereocenters. The molecule has 0 aromatic heterocycles. The molecule has 0 amide bonds. The zero-order chi connectivity index (χ0) is 12.8. The van der Waals surface area contributed by atoms with Crippen molar-refractivity contribution in [2.45, 2.75) is 13.5 Å². The van der Waals surface area contributed by atoms with Crippen LogP contribution >= 0.6 is 0 Å². The molecule has 0 saturated carbocycles. The summed E-state index contributed by atoms with van der Waals surface area (Å²) < 4.78 is 27.9. The molecule has 0 aliphatic heterocycles. The van der Waals surface area contributed by atoms with Crippen LogP contribution in [0, 0.1) is 5.92 Å². The smallest absolute Gasteiger partial charge is 0.387 e. The van der Waals surface area contributed by atoms with E-state index in [4.69, 9.17) is 5.11 Å². The van der Waals surface area contributed by atoms with Crippen LogP contribution in [0.2, 0.25) is 0 Å². The van der Waals surface area contributed by atoms with Gasteiger partial charge in [0.1, 0.15) is 5.75 Å². The van der Waals surface area contributed by atoms with Crippen molar-refractivity contribution in [3.05, 3.63) is 24.3 Å². The zero-order valence-corrected chi connectivity index (χ0v) is 9.19. The minimum atomic E-state index is -2.85. The topological polar surface area (TPSA) is 58.6 Å². The highest BCUT2D eigenvalue weighted by Gasteiger charge is 2.10. The van der Waals surface area contributed by atoms with Gasteiger partial charge in [-0.1, -0.05) is 6.92 Å². The maximum atomic E-state index is 11.9. The van der Waals surface area contributed by atoms with Gasteiger partial charge in [0.15, 0.2) is 0 Å². The number of carboxylic acid groups (broad SMARTS) is 1. The number of nitrogens with one attached hydrogen (secondary N) is 1. The lowest BCUT2D eigenvalue weighted by Crippen LogP contribution is -2.19. The van der Waals surface area contributed by atoms with E-state index >= 15 is 0 Å². The molecular weight excluding hydrogens is 232 g/mol. The molecule has 0 bridgehead atoms. The molecule has 0 aliphatic rings. The van der Waals surface area contributed by atoms with Gasteiger partial charge in [0, 0.05) is 12.2 Å². The van der Waals surface area contributed by atoms with E-state index in [0.717, 1.165) is 0 Å². The maximum absolute atomic E-state index is 11.9. The predicted octanol–water partition coefficient (Wildman–Crippen LogP) is 2.42. The van der Waals surface area contributed by atoms with Crippen LogP contribution in [0.15, 0.2) is 24.3 Å². The van der Waals surface area contributed by atoms with Gasteiger partial charge < -0.3 is 15.2 Å². The van der Waals surface area contributed by atoms with Gasteiger partial charge >= 0.3 is 12.6 Å². The quantitative estimate of drug-likeness (QED) is 0.808. The Balaban J connectivity index is 2.48. The SMILES string of the molecule is CC(CNc1ccc(OC(F)F)cc1)C(=O)O. The number of rotatable bonds is 6. The fourth-order valence-electron chi connectivity index (χ4n) is 1.11. The van der Waals surface area contributed by atoms with Crippen LogP contribution in [0.3, 0.4) is 0 Å². The van der Waals surface area contributed by atoms with Crippen LogP contribution in [-0.2, 0) is 4.79 Å². The summed E-state index contributed by atoms with van der Waals surface area (Å²) in [6.07, 6.45) is 0. The van der Waals surface area contributed by atoms with E-state index in [9.17, 15) is 13.6 Å². The van der Waals surface area contributed by atoms with Crippen LogP contribution in [-0.4, -0.2) is 24.2 Å². The third-order valence-corrected chi connectivity index (χ3v) is 2.11. The van der Waals surface area contributed by atoms with E-state index < -0.39 is 18.5 Å². The molecule has 1 aromatic carbocycles. The molecule has 1 aromatic rings. The summed E-state index contributed by atoms with van der Waals surface area (Å²) in [5.41, 5.74) is 0.653. The van der Waals surface area contributed by atoms with E-state index in [1.165, 1.54) is 12.1 Å². The number of aliphatic carboxylic acids is 1. The van der Waals surface area contributed by atoms with Gasteiger partial charge in [0.05, 0.1) is 5.92 Å². The van der Waals surface area contributed by atoms with Crippen molar-refractivity contribution in [2.24, 2.45) is 5.92 Å². The van der Waals surface area contributed by atoms with Crippen LogP contribution in [0.25, 0.3) is 0 Å². The summed E-state index contributed by atoms with van der Waals surface area (Å²) in [6, 6.07) is 5.87. The van der Waals surface area contributed by atoms with Gasteiger partial charge in [0.25, 0.3) is 0 Å². The Kier molecular flexibility index (Phi) is 4.68. The average molecular weight is 245 g/mol. The second-order valence-electron chi connectivity index (χ2n) is 3.52. The molecule has 6 heteroatoms. The first-order chi connectivity index (χ1) is 7.99. The lowest BCUT2D eigenvalue weighted by Gasteiger charge is -2.10. The number of halogens is 2. The summed E-state index contributed by atoms with van der Waals surface area (Å²) in [5.74, 6) is -1.35. The molecule has 1 rings (SSSR count). The standard InChI is InChI=1S/C11H13F2NO3/c1-7(10(15)16)6-14-8-2-4-9(5-3-8)17-11(12)13/h2-5,7,11,14H,6H2,1H3,(H,15,16). The van der Waals surface area contributed by atoms with E-state index in [1.807, 2.05) is 0 Å². The largest absolute Gasteiger partial charge is 0.481 e.